The highest BCUT2D eigenvalue weighted by Crippen LogP contribution is 2.39. The van der Waals surface area contributed by atoms with Gasteiger partial charge in [0.05, 0.1) is 25.1 Å². The number of hydrogen-bond donors (Lipinski definition) is 0. The highest BCUT2D eigenvalue weighted by atomic mass is 16.5. The average Bonchev–Trinajstić information content (AvgIpc) is 2.60. The molecule has 5 heteroatoms. The number of fused-ring (bicyclic) bond motifs is 1. The van der Waals surface area contributed by atoms with E-state index in [-0.39, 0.29) is 23.4 Å². The second kappa shape index (κ2) is 7.06. The van der Waals surface area contributed by atoms with Crippen LogP contribution in [-0.4, -0.2) is 53.4 Å². The molecular weight excluding hydrogens is 316 g/mol. The van der Waals surface area contributed by atoms with Crippen molar-refractivity contribution in [3.63, 3.8) is 0 Å². The minimum absolute atomic E-state index is 0.112. The zero-order chi connectivity index (χ0) is 18.0. The van der Waals surface area contributed by atoms with Crippen LogP contribution in [0.4, 0.5) is 0 Å². The fourth-order valence-electron chi connectivity index (χ4n) is 4.67. The van der Waals surface area contributed by atoms with E-state index in [1.165, 1.54) is 0 Å². The Hall–Kier alpha value is -2.04. The van der Waals surface area contributed by atoms with E-state index in [1.807, 2.05) is 34.1 Å². The topological polar surface area (TPSA) is 49.9 Å². The van der Waals surface area contributed by atoms with E-state index in [2.05, 4.69) is 6.92 Å². The Morgan fingerprint density at radius 2 is 2.00 bits per heavy atom. The summed E-state index contributed by atoms with van der Waals surface area (Å²) in [6, 6.07) is 7.80. The molecule has 2 atom stereocenters. The fourth-order valence-corrected chi connectivity index (χ4v) is 4.67. The zero-order valence-corrected chi connectivity index (χ0v) is 15.5. The van der Waals surface area contributed by atoms with Crippen molar-refractivity contribution in [1.29, 1.82) is 0 Å². The number of nitrogens with zero attached hydrogens (tertiary/aromatic N) is 2. The zero-order valence-electron chi connectivity index (χ0n) is 15.5. The van der Waals surface area contributed by atoms with Gasteiger partial charge in [0.1, 0.15) is 5.75 Å². The van der Waals surface area contributed by atoms with Crippen LogP contribution >= 0.6 is 0 Å². The number of ether oxygens (including phenoxy) is 1. The summed E-state index contributed by atoms with van der Waals surface area (Å²) in [4.78, 5) is 29.2. The summed E-state index contributed by atoms with van der Waals surface area (Å²) in [5.74, 6) is 1.00. The summed E-state index contributed by atoms with van der Waals surface area (Å²) < 4.78 is 5.38. The lowest BCUT2D eigenvalue weighted by Crippen LogP contribution is -2.68. The van der Waals surface area contributed by atoms with Gasteiger partial charge in [-0.15, -0.1) is 0 Å². The molecule has 2 amide bonds. The van der Waals surface area contributed by atoms with Crippen molar-refractivity contribution in [2.24, 2.45) is 0 Å². The third-order valence-electron chi connectivity index (χ3n) is 5.89. The lowest BCUT2D eigenvalue weighted by Gasteiger charge is -2.56. The van der Waals surface area contributed by atoms with E-state index in [0.717, 1.165) is 50.1 Å². The number of rotatable bonds is 3. The van der Waals surface area contributed by atoms with Gasteiger partial charge in [0.2, 0.25) is 11.8 Å². The lowest BCUT2D eigenvalue weighted by molar-refractivity contribution is -0.154. The SMILES string of the molecule is COc1ccccc1CC(=O)N1CCC[C@@]2(C)[C@@H]1CCCN2C(C)=O. The fraction of sp³-hybridized carbons (Fsp3) is 0.600. The number of hydrogen-bond acceptors (Lipinski definition) is 3. The molecule has 25 heavy (non-hydrogen) atoms. The van der Waals surface area contributed by atoms with Crippen LogP contribution in [0.2, 0.25) is 0 Å². The van der Waals surface area contributed by atoms with Crippen LogP contribution in [0.15, 0.2) is 24.3 Å². The van der Waals surface area contributed by atoms with Crippen molar-refractivity contribution in [2.75, 3.05) is 20.2 Å². The smallest absolute Gasteiger partial charge is 0.227 e. The van der Waals surface area contributed by atoms with Gasteiger partial charge in [-0.25, -0.2) is 0 Å². The first-order valence-corrected chi connectivity index (χ1v) is 9.17. The molecular formula is C20H28N2O3. The predicted molar refractivity (Wildman–Crippen MR) is 96.5 cm³/mol. The maximum absolute atomic E-state index is 13.1. The summed E-state index contributed by atoms with van der Waals surface area (Å²) in [6.45, 7) is 5.38. The molecule has 0 N–H and O–H groups in total. The summed E-state index contributed by atoms with van der Waals surface area (Å²) in [5, 5.41) is 0. The maximum atomic E-state index is 13.1. The highest BCUT2D eigenvalue weighted by molar-refractivity contribution is 5.81. The monoisotopic (exact) mass is 344 g/mol. The van der Waals surface area contributed by atoms with Gasteiger partial charge in [0.15, 0.2) is 0 Å². The first kappa shape index (κ1) is 17.8. The molecule has 2 aliphatic rings. The van der Waals surface area contributed by atoms with Gasteiger partial charge in [-0.2, -0.15) is 0 Å². The van der Waals surface area contributed by atoms with Crippen LogP contribution in [0.25, 0.3) is 0 Å². The second-order valence-corrected chi connectivity index (χ2v) is 7.37. The minimum Gasteiger partial charge on any atom is -0.496 e. The lowest BCUT2D eigenvalue weighted by atomic mass is 9.76. The van der Waals surface area contributed by atoms with Crippen molar-refractivity contribution in [3.8, 4) is 5.75 Å². The standard InChI is InChI=1S/C20H28N2O3/c1-15(23)22-13-6-10-18-20(22,2)11-7-12-21(18)19(24)14-16-8-4-5-9-17(16)25-3/h4-5,8-9,18H,6-7,10-14H2,1-3H3/t18-,20-/m0/s1. The molecule has 5 nitrogen and oxygen atoms in total. The number of methoxy groups -OCH3 is 1. The third-order valence-corrected chi connectivity index (χ3v) is 5.89. The maximum Gasteiger partial charge on any atom is 0.227 e. The number of carbonyl (C=O) groups excluding carboxylic acids is 2. The van der Waals surface area contributed by atoms with Crippen LogP contribution in [-0.2, 0) is 16.0 Å². The Bertz CT molecular complexity index is 660. The van der Waals surface area contributed by atoms with Crippen molar-refractivity contribution >= 4 is 11.8 Å². The van der Waals surface area contributed by atoms with E-state index < -0.39 is 0 Å². The molecule has 3 rings (SSSR count). The number of piperidine rings is 2. The molecule has 0 radical (unpaired) electrons. The molecule has 0 unspecified atom stereocenters. The Labute approximate surface area is 149 Å². The van der Waals surface area contributed by atoms with E-state index >= 15 is 0 Å². The Morgan fingerprint density at radius 3 is 2.72 bits per heavy atom. The third kappa shape index (κ3) is 3.24. The predicted octanol–water partition coefficient (Wildman–Crippen LogP) is 2.63. The molecule has 136 valence electrons. The average molecular weight is 344 g/mol. The van der Waals surface area contributed by atoms with E-state index in [1.54, 1.807) is 14.0 Å². The highest BCUT2D eigenvalue weighted by Gasteiger charge is 2.49. The van der Waals surface area contributed by atoms with Crippen LogP contribution < -0.4 is 4.74 Å². The molecule has 2 fully saturated rings. The van der Waals surface area contributed by atoms with Gasteiger partial charge in [-0.1, -0.05) is 18.2 Å². The van der Waals surface area contributed by atoms with E-state index in [0.29, 0.717) is 6.42 Å². The molecule has 0 bridgehead atoms. The van der Waals surface area contributed by atoms with Gasteiger partial charge in [-0.05, 0) is 38.7 Å². The molecule has 2 heterocycles. The molecule has 0 aliphatic carbocycles. The number of likely N-dealkylation sites (tertiary alicyclic amines) is 2. The largest absolute Gasteiger partial charge is 0.496 e. The van der Waals surface area contributed by atoms with Crippen LogP contribution in [0.1, 0.15) is 45.1 Å². The quantitative estimate of drug-likeness (QED) is 0.847. The first-order chi connectivity index (χ1) is 12.0. The summed E-state index contributed by atoms with van der Waals surface area (Å²) in [6.07, 6.45) is 4.18. The molecule has 0 spiro atoms. The summed E-state index contributed by atoms with van der Waals surface area (Å²) in [7, 11) is 1.63. The van der Waals surface area contributed by atoms with Crippen molar-refractivity contribution in [1.82, 2.24) is 9.80 Å². The number of amides is 2. The van der Waals surface area contributed by atoms with Crippen molar-refractivity contribution in [3.05, 3.63) is 29.8 Å². The molecule has 2 aliphatic heterocycles. The van der Waals surface area contributed by atoms with Crippen LogP contribution in [0, 0.1) is 0 Å². The summed E-state index contributed by atoms with van der Waals surface area (Å²) >= 11 is 0. The van der Waals surface area contributed by atoms with Crippen LogP contribution in [0.3, 0.4) is 0 Å². The number of benzene rings is 1. The molecule has 0 aromatic heterocycles. The Balaban J connectivity index is 1.82. The van der Waals surface area contributed by atoms with Gasteiger partial charge < -0.3 is 14.5 Å². The van der Waals surface area contributed by atoms with Gasteiger partial charge in [0, 0.05) is 25.6 Å². The van der Waals surface area contributed by atoms with E-state index in [9.17, 15) is 9.59 Å². The number of para-hydroxylation sites is 1. The minimum atomic E-state index is -0.237. The van der Waals surface area contributed by atoms with Crippen molar-refractivity contribution in [2.45, 2.75) is 57.5 Å². The molecule has 0 saturated carbocycles. The van der Waals surface area contributed by atoms with Crippen molar-refractivity contribution < 1.29 is 14.3 Å². The summed E-state index contributed by atoms with van der Waals surface area (Å²) in [5.41, 5.74) is 0.681. The second-order valence-electron chi connectivity index (χ2n) is 7.37. The Morgan fingerprint density at radius 1 is 1.24 bits per heavy atom. The van der Waals surface area contributed by atoms with Gasteiger partial charge >= 0.3 is 0 Å². The van der Waals surface area contributed by atoms with Crippen LogP contribution in [0.5, 0.6) is 5.75 Å². The first-order valence-electron chi connectivity index (χ1n) is 9.17. The molecule has 1 aromatic rings. The van der Waals surface area contributed by atoms with Gasteiger partial charge in [0.25, 0.3) is 0 Å². The Kier molecular flexibility index (Phi) is 5.02. The molecule has 1 aromatic carbocycles. The number of carbonyl (C=O) groups is 2. The normalized spacial score (nSPS) is 26.1. The van der Waals surface area contributed by atoms with Gasteiger partial charge in [-0.3, -0.25) is 9.59 Å². The molecule has 2 saturated heterocycles. The van der Waals surface area contributed by atoms with E-state index in [4.69, 9.17) is 4.74 Å².